The van der Waals surface area contributed by atoms with Crippen molar-refractivity contribution < 1.29 is 9.59 Å². The van der Waals surface area contributed by atoms with E-state index in [4.69, 9.17) is 0 Å². The van der Waals surface area contributed by atoms with Crippen LogP contribution in [0, 0.1) is 12.3 Å². The fourth-order valence-electron chi connectivity index (χ4n) is 4.77. The van der Waals surface area contributed by atoms with Crippen LogP contribution in [0.1, 0.15) is 86.1 Å². The average molecular weight is 385 g/mol. The predicted octanol–water partition coefficient (Wildman–Crippen LogP) is 3.31. The maximum Gasteiger partial charge on any atom is 0.257 e. The van der Waals surface area contributed by atoms with Gasteiger partial charge < -0.3 is 9.80 Å². The highest BCUT2D eigenvalue weighted by atomic mass is 16.2. The van der Waals surface area contributed by atoms with E-state index < -0.39 is 0 Å². The molecule has 1 spiro atoms. The van der Waals surface area contributed by atoms with Gasteiger partial charge in [0.15, 0.2) is 0 Å². The minimum absolute atomic E-state index is 0.0518. The molecule has 1 aromatic rings. The molecule has 3 fully saturated rings. The Bertz CT molecular complexity index is 761. The van der Waals surface area contributed by atoms with E-state index >= 15 is 0 Å². The first-order valence-electron chi connectivity index (χ1n) is 10.9. The lowest BCUT2D eigenvalue weighted by Crippen LogP contribution is -2.55. The Morgan fingerprint density at radius 1 is 1.29 bits per heavy atom. The van der Waals surface area contributed by atoms with E-state index in [2.05, 4.69) is 16.9 Å². The maximum atomic E-state index is 13.2. The molecular formula is C22H32N4O2. The molecule has 152 valence electrons. The van der Waals surface area contributed by atoms with Gasteiger partial charge in [-0.05, 0) is 45.4 Å². The number of carbonyl (C=O) groups excluding carboxylic acids is 2. The van der Waals surface area contributed by atoms with E-state index in [9.17, 15) is 9.59 Å². The molecule has 1 atom stereocenters. The zero-order chi connectivity index (χ0) is 19.7. The van der Waals surface area contributed by atoms with E-state index in [0.717, 1.165) is 82.6 Å². The van der Waals surface area contributed by atoms with Crippen LogP contribution in [0.2, 0.25) is 0 Å². The van der Waals surface area contributed by atoms with Gasteiger partial charge in [0.1, 0.15) is 5.82 Å². The second-order valence-electron chi connectivity index (χ2n) is 9.00. The monoisotopic (exact) mass is 384 g/mol. The van der Waals surface area contributed by atoms with E-state index in [-0.39, 0.29) is 17.2 Å². The van der Waals surface area contributed by atoms with Gasteiger partial charge in [-0.3, -0.25) is 9.59 Å². The highest BCUT2D eigenvalue weighted by molar-refractivity contribution is 5.95. The lowest BCUT2D eigenvalue weighted by molar-refractivity contribution is -0.139. The average Bonchev–Trinajstić information content (AvgIpc) is 3.54. The largest absolute Gasteiger partial charge is 0.342 e. The standard InChI is InChI=1S/C22H32N4O2/c1-3-4-11-25-14-22(10-8-19(25)27)9-5-12-26(15-22)21(28)18-13-23-20(17-6-7-17)24-16(18)2/h13,17H,3-12,14-15H2,1-2H3. The number of likely N-dealkylation sites (tertiary alicyclic amines) is 2. The molecule has 4 rings (SSSR count). The first-order chi connectivity index (χ1) is 13.5. The molecule has 3 heterocycles. The molecule has 6 nitrogen and oxygen atoms in total. The maximum absolute atomic E-state index is 13.2. The SMILES string of the molecule is CCCCN1CC2(CCCN(C(=O)c3cnc(C4CC4)nc3C)C2)CCC1=O. The van der Waals surface area contributed by atoms with E-state index in [1.807, 2.05) is 16.7 Å². The lowest BCUT2D eigenvalue weighted by atomic mass is 9.73. The molecule has 1 aliphatic carbocycles. The number of carbonyl (C=O) groups is 2. The zero-order valence-electron chi connectivity index (χ0n) is 17.2. The topological polar surface area (TPSA) is 66.4 Å². The molecule has 6 heteroatoms. The Hall–Kier alpha value is -1.98. The summed E-state index contributed by atoms with van der Waals surface area (Å²) in [4.78, 5) is 38.6. The van der Waals surface area contributed by atoms with Crippen LogP contribution in [0.4, 0.5) is 0 Å². The van der Waals surface area contributed by atoms with Crippen molar-refractivity contribution in [2.45, 2.75) is 71.1 Å². The quantitative estimate of drug-likeness (QED) is 0.781. The fraction of sp³-hybridized carbons (Fsp3) is 0.727. The molecule has 2 aliphatic heterocycles. The van der Waals surface area contributed by atoms with Crippen molar-refractivity contribution in [3.63, 3.8) is 0 Å². The van der Waals surface area contributed by atoms with Gasteiger partial charge in [-0.2, -0.15) is 0 Å². The van der Waals surface area contributed by atoms with Gasteiger partial charge in [0.2, 0.25) is 5.91 Å². The Morgan fingerprint density at radius 3 is 2.82 bits per heavy atom. The van der Waals surface area contributed by atoms with Gasteiger partial charge in [-0.1, -0.05) is 13.3 Å². The Kier molecular flexibility index (Phi) is 5.39. The van der Waals surface area contributed by atoms with Gasteiger partial charge in [0.05, 0.1) is 11.3 Å². The van der Waals surface area contributed by atoms with Crippen LogP contribution in [-0.2, 0) is 4.79 Å². The fourth-order valence-corrected chi connectivity index (χ4v) is 4.77. The molecule has 2 amide bonds. The molecule has 0 bridgehead atoms. The number of aromatic nitrogens is 2. The molecule has 28 heavy (non-hydrogen) atoms. The number of aryl methyl sites for hydroxylation is 1. The van der Waals surface area contributed by atoms with Gasteiger partial charge in [0, 0.05) is 50.1 Å². The van der Waals surface area contributed by atoms with Crippen LogP contribution in [0.5, 0.6) is 0 Å². The van der Waals surface area contributed by atoms with Crippen molar-refractivity contribution in [1.82, 2.24) is 19.8 Å². The molecular weight excluding hydrogens is 352 g/mol. The molecule has 1 saturated carbocycles. The summed E-state index contributed by atoms with van der Waals surface area (Å²) in [5, 5.41) is 0. The Balaban J connectivity index is 1.47. The van der Waals surface area contributed by atoms with Crippen LogP contribution >= 0.6 is 0 Å². The molecule has 0 radical (unpaired) electrons. The van der Waals surface area contributed by atoms with Crippen molar-refractivity contribution in [1.29, 1.82) is 0 Å². The summed E-state index contributed by atoms with van der Waals surface area (Å²) in [5.74, 6) is 1.72. The second-order valence-corrected chi connectivity index (χ2v) is 9.00. The highest BCUT2D eigenvalue weighted by Crippen LogP contribution is 2.40. The summed E-state index contributed by atoms with van der Waals surface area (Å²) in [5.41, 5.74) is 1.49. The third kappa shape index (κ3) is 3.91. The van der Waals surface area contributed by atoms with E-state index in [1.165, 1.54) is 0 Å². The number of piperidine rings is 2. The Labute approximate surface area is 167 Å². The minimum atomic E-state index is 0.0518. The zero-order valence-corrected chi connectivity index (χ0v) is 17.2. The van der Waals surface area contributed by atoms with Gasteiger partial charge in [-0.15, -0.1) is 0 Å². The van der Waals surface area contributed by atoms with Gasteiger partial charge in [-0.25, -0.2) is 9.97 Å². The smallest absolute Gasteiger partial charge is 0.257 e. The number of hydrogen-bond donors (Lipinski definition) is 0. The normalized spacial score (nSPS) is 25.4. The third-order valence-corrected chi connectivity index (χ3v) is 6.65. The van der Waals surface area contributed by atoms with E-state index in [1.54, 1.807) is 6.20 Å². The van der Waals surface area contributed by atoms with Crippen LogP contribution < -0.4 is 0 Å². The molecule has 1 unspecified atom stereocenters. The third-order valence-electron chi connectivity index (χ3n) is 6.65. The number of amides is 2. The summed E-state index contributed by atoms with van der Waals surface area (Å²) in [7, 11) is 0. The summed E-state index contributed by atoms with van der Waals surface area (Å²) in [6.07, 6.45) is 9.81. The molecule has 2 saturated heterocycles. The summed E-state index contributed by atoms with van der Waals surface area (Å²) >= 11 is 0. The van der Waals surface area contributed by atoms with Crippen molar-refractivity contribution in [3.8, 4) is 0 Å². The lowest BCUT2D eigenvalue weighted by Gasteiger charge is -2.48. The van der Waals surface area contributed by atoms with Crippen LogP contribution in [0.3, 0.4) is 0 Å². The summed E-state index contributed by atoms with van der Waals surface area (Å²) in [6, 6.07) is 0. The number of nitrogens with zero attached hydrogens (tertiary/aromatic N) is 4. The van der Waals surface area contributed by atoms with Gasteiger partial charge in [0.25, 0.3) is 5.91 Å². The second kappa shape index (κ2) is 7.80. The number of hydrogen-bond acceptors (Lipinski definition) is 4. The van der Waals surface area contributed by atoms with E-state index in [0.29, 0.717) is 17.9 Å². The van der Waals surface area contributed by atoms with Crippen molar-refractivity contribution >= 4 is 11.8 Å². The molecule has 0 aromatic carbocycles. The highest BCUT2D eigenvalue weighted by Gasteiger charge is 2.43. The van der Waals surface area contributed by atoms with Crippen LogP contribution in [0.25, 0.3) is 0 Å². The first-order valence-corrected chi connectivity index (χ1v) is 10.9. The number of unbranched alkanes of at least 4 members (excludes halogenated alkanes) is 1. The van der Waals surface area contributed by atoms with Crippen LogP contribution in [-0.4, -0.2) is 57.8 Å². The summed E-state index contributed by atoms with van der Waals surface area (Å²) < 4.78 is 0. The van der Waals surface area contributed by atoms with Crippen LogP contribution in [0.15, 0.2) is 6.20 Å². The van der Waals surface area contributed by atoms with Crippen molar-refractivity contribution in [3.05, 3.63) is 23.3 Å². The van der Waals surface area contributed by atoms with Crippen molar-refractivity contribution in [2.75, 3.05) is 26.2 Å². The minimum Gasteiger partial charge on any atom is -0.342 e. The predicted molar refractivity (Wildman–Crippen MR) is 107 cm³/mol. The Morgan fingerprint density at radius 2 is 2.11 bits per heavy atom. The van der Waals surface area contributed by atoms with Crippen molar-refractivity contribution in [2.24, 2.45) is 5.41 Å². The summed E-state index contributed by atoms with van der Waals surface area (Å²) in [6.45, 7) is 7.25. The molecule has 1 aromatic heterocycles. The number of rotatable bonds is 5. The van der Waals surface area contributed by atoms with Gasteiger partial charge >= 0.3 is 0 Å². The first kappa shape index (κ1) is 19.3. The molecule has 0 N–H and O–H groups in total. The molecule has 3 aliphatic rings.